The molecule has 9 heteroatoms. The Morgan fingerprint density at radius 2 is 1.92 bits per heavy atom. The predicted molar refractivity (Wildman–Crippen MR) is 129 cm³/mol. The van der Waals surface area contributed by atoms with Crippen molar-refractivity contribution in [3.05, 3.63) is 58.1 Å². The van der Waals surface area contributed by atoms with Crippen molar-refractivity contribution in [2.45, 2.75) is 64.1 Å². The number of nitrogens with zero attached hydrogens (tertiary/aromatic N) is 1. The van der Waals surface area contributed by atoms with Gasteiger partial charge in [0.05, 0.1) is 18.5 Å². The molecule has 1 amide bonds. The van der Waals surface area contributed by atoms with Gasteiger partial charge in [-0.05, 0) is 72.6 Å². The zero-order valence-electron chi connectivity index (χ0n) is 20.3. The zero-order valence-corrected chi connectivity index (χ0v) is 20.3. The normalized spacial score (nSPS) is 15.8. The maximum atomic E-state index is 13.8. The Morgan fingerprint density at radius 1 is 1.17 bits per heavy atom. The number of aliphatic carboxylic acids is 1. The largest absolute Gasteiger partial charge is 0.489 e. The Morgan fingerprint density at radius 3 is 2.61 bits per heavy atom. The van der Waals surface area contributed by atoms with Gasteiger partial charge in [0.25, 0.3) is 0 Å². The molecule has 1 fully saturated rings. The summed E-state index contributed by atoms with van der Waals surface area (Å²) in [5.41, 5.74) is 2.91. The number of hydrogen-bond donors (Lipinski definition) is 2. The summed E-state index contributed by atoms with van der Waals surface area (Å²) in [5.74, 6) is -0.525. The molecule has 0 radical (unpaired) electrons. The third kappa shape index (κ3) is 5.83. The van der Waals surface area contributed by atoms with Gasteiger partial charge in [0, 0.05) is 18.8 Å². The van der Waals surface area contributed by atoms with E-state index >= 15 is 0 Å². The van der Waals surface area contributed by atoms with Crippen LogP contribution in [-0.2, 0) is 28.8 Å². The lowest BCUT2D eigenvalue weighted by molar-refractivity contribution is -0.138. The lowest BCUT2D eigenvalue weighted by atomic mass is 9.91. The van der Waals surface area contributed by atoms with Crippen LogP contribution in [0.1, 0.15) is 65.8 Å². The molecule has 0 bridgehead atoms. The fraction of sp³-hybridized carbons (Fsp3) is 0.481. The van der Waals surface area contributed by atoms with E-state index in [1.165, 1.54) is 6.07 Å². The molecule has 1 heterocycles. The van der Waals surface area contributed by atoms with E-state index in [1.54, 1.807) is 29.2 Å². The van der Waals surface area contributed by atoms with Gasteiger partial charge in [0.2, 0.25) is 5.91 Å². The van der Waals surface area contributed by atoms with Crippen LogP contribution in [0.5, 0.6) is 5.75 Å². The number of rotatable bonds is 9. The van der Waals surface area contributed by atoms with Crippen molar-refractivity contribution in [1.82, 2.24) is 5.32 Å². The molecule has 2 aromatic carbocycles. The first-order chi connectivity index (χ1) is 17.1. The van der Waals surface area contributed by atoms with Gasteiger partial charge in [-0.15, -0.1) is 0 Å². The molecule has 2 aliphatic rings. The van der Waals surface area contributed by atoms with Crippen LogP contribution in [0.4, 0.5) is 18.9 Å². The molecule has 4 rings (SSSR count). The van der Waals surface area contributed by atoms with E-state index in [-0.39, 0.29) is 37.9 Å². The number of amides is 1. The van der Waals surface area contributed by atoms with E-state index in [9.17, 15) is 22.8 Å². The molecule has 0 saturated heterocycles. The number of alkyl halides is 3. The number of nitrogens with one attached hydrogen (secondary N) is 1. The minimum absolute atomic E-state index is 0.0177. The lowest BCUT2D eigenvalue weighted by Crippen LogP contribution is -2.37. The molecule has 0 atom stereocenters. The Balaban J connectivity index is 1.43. The van der Waals surface area contributed by atoms with Crippen LogP contribution in [0.3, 0.4) is 0 Å². The van der Waals surface area contributed by atoms with Gasteiger partial charge >= 0.3 is 12.1 Å². The fourth-order valence-corrected chi connectivity index (χ4v) is 5.23. The van der Waals surface area contributed by atoms with Gasteiger partial charge in [0.15, 0.2) is 0 Å². The van der Waals surface area contributed by atoms with Gasteiger partial charge in [0.1, 0.15) is 12.4 Å². The molecular formula is C27H31F3N2O4. The van der Waals surface area contributed by atoms with Gasteiger partial charge in [-0.3, -0.25) is 9.59 Å². The smallest absolute Gasteiger partial charge is 0.416 e. The number of benzene rings is 2. The molecule has 1 aliphatic heterocycles. The van der Waals surface area contributed by atoms with Gasteiger partial charge in [-0.25, -0.2) is 0 Å². The second-order valence-corrected chi connectivity index (χ2v) is 9.49. The molecule has 2 N–H and O–H groups in total. The first kappa shape index (κ1) is 26.0. The van der Waals surface area contributed by atoms with E-state index < -0.39 is 17.7 Å². The van der Waals surface area contributed by atoms with Gasteiger partial charge in [-0.2, -0.15) is 13.2 Å². The number of halogens is 3. The molecule has 0 aromatic heterocycles. The van der Waals surface area contributed by atoms with Crippen molar-refractivity contribution >= 4 is 17.6 Å². The number of carbonyl (C=O) groups excluding carboxylic acids is 1. The Labute approximate surface area is 208 Å². The summed E-state index contributed by atoms with van der Waals surface area (Å²) < 4.78 is 47.3. The number of fused-ring (bicyclic) bond motifs is 1. The van der Waals surface area contributed by atoms with Crippen LogP contribution in [0.15, 0.2) is 30.3 Å². The first-order valence-electron chi connectivity index (χ1n) is 12.3. The average Bonchev–Trinajstić information content (AvgIpc) is 3.51. The van der Waals surface area contributed by atoms with E-state index in [1.807, 2.05) is 6.92 Å². The third-order valence-corrected chi connectivity index (χ3v) is 7.11. The van der Waals surface area contributed by atoms with Crippen molar-refractivity contribution in [3.63, 3.8) is 0 Å². The maximum absolute atomic E-state index is 13.8. The van der Waals surface area contributed by atoms with Crippen molar-refractivity contribution in [2.24, 2.45) is 0 Å². The molecule has 194 valence electrons. The first-order valence-corrected chi connectivity index (χ1v) is 12.3. The molecule has 0 unspecified atom stereocenters. The SMILES string of the molecule is Cc1c(OCc2ccc(C3CCCC3)c(C(F)(F)F)c2)ccc2c1CCN2C(=O)CNCCC(=O)O. The maximum Gasteiger partial charge on any atom is 0.416 e. The topological polar surface area (TPSA) is 78.9 Å². The van der Waals surface area contributed by atoms with E-state index in [0.717, 1.165) is 42.5 Å². The van der Waals surface area contributed by atoms with Crippen molar-refractivity contribution < 1.29 is 32.6 Å². The van der Waals surface area contributed by atoms with Crippen molar-refractivity contribution in [1.29, 1.82) is 0 Å². The second kappa shape index (κ2) is 10.9. The second-order valence-electron chi connectivity index (χ2n) is 9.49. The summed E-state index contributed by atoms with van der Waals surface area (Å²) in [5, 5.41) is 11.6. The van der Waals surface area contributed by atoms with E-state index in [2.05, 4.69) is 5.32 Å². The van der Waals surface area contributed by atoms with Crippen LogP contribution in [0, 0.1) is 6.92 Å². The van der Waals surface area contributed by atoms with E-state index in [4.69, 9.17) is 9.84 Å². The summed E-state index contributed by atoms with van der Waals surface area (Å²) in [6, 6.07) is 8.10. The Kier molecular flexibility index (Phi) is 7.88. The van der Waals surface area contributed by atoms with E-state index in [0.29, 0.717) is 29.8 Å². The number of carboxylic acid groups (broad SMARTS) is 1. The monoisotopic (exact) mass is 504 g/mol. The number of hydrogen-bond acceptors (Lipinski definition) is 4. The number of carboxylic acids is 1. The van der Waals surface area contributed by atoms with Crippen LogP contribution >= 0.6 is 0 Å². The molecule has 36 heavy (non-hydrogen) atoms. The predicted octanol–water partition coefficient (Wildman–Crippen LogP) is 5.20. The molecule has 1 aliphatic carbocycles. The van der Waals surface area contributed by atoms with Crippen molar-refractivity contribution in [3.8, 4) is 5.75 Å². The number of ether oxygens (including phenoxy) is 1. The Bertz CT molecular complexity index is 1130. The summed E-state index contributed by atoms with van der Waals surface area (Å²) in [6.45, 7) is 2.67. The van der Waals surface area contributed by atoms with Crippen LogP contribution < -0.4 is 15.0 Å². The molecule has 1 saturated carbocycles. The highest BCUT2D eigenvalue weighted by molar-refractivity contribution is 5.97. The number of anilines is 1. The summed E-state index contributed by atoms with van der Waals surface area (Å²) >= 11 is 0. The molecular weight excluding hydrogens is 473 g/mol. The standard InChI is InChI=1S/C27H31F3N2O4/c1-17-20-11-13-32(25(33)15-31-12-10-26(34)35)23(20)8-9-24(17)36-16-18-6-7-21(19-4-2-3-5-19)22(14-18)27(28,29)30/h6-9,14,19,31H,2-5,10-13,15-16H2,1H3,(H,34,35). The summed E-state index contributed by atoms with van der Waals surface area (Å²) in [4.78, 5) is 24.9. The van der Waals surface area contributed by atoms with Crippen LogP contribution in [0.25, 0.3) is 0 Å². The number of carbonyl (C=O) groups is 2. The lowest BCUT2D eigenvalue weighted by Gasteiger charge is -2.20. The minimum atomic E-state index is -4.41. The summed E-state index contributed by atoms with van der Waals surface area (Å²) in [6.07, 6.45) is -0.291. The van der Waals surface area contributed by atoms with Crippen LogP contribution in [0.2, 0.25) is 0 Å². The average molecular weight is 505 g/mol. The van der Waals surface area contributed by atoms with Gasteiger partial charge < -0.3 is 20.1 Å². The molecule has 6 nitrogen and oxygen atoms in total. The highest BCUT2D eigenvalue weighted by atomic mass is 19.4. The fourth-order valence-electron chi connectivity index (χ4n) is 5.23. The summed E-state index contributed by atoms with van der Waals surface area (Å²) in [7, 11) is 0. The highest BCUT2D eigenvalue weighted by Gasteiger charge is 2.36. The van der Waals surface area contributed by atoms with Crippen molar-refractivity contribution in [2.75, 3.05) is 24.5 Å². The minimum Gasteiger partial charge on any atom is -0.489 e. The quantitative estimate of drug-likeness (QED) is 0.459. The third-order valence-electron chi connectivity index (χ3n) is 7.11. The zero-order chi connectivity index (χ0) is 25.9. The molecule has 0 spiro atoms. The Hall–Kier alpha value is -3.07. The molecule has 2 aromatic rings. The highest BCUT2D eigenvalue weighted by Crippen LogP contribution is 2.42. The van der Waals surface area contributed by atoms with Gasteiger partial charge in [-0.1, -0.05) is 25.0 Å². The van der Waals surface area contributed by atoms with Crippen LogP contribution in [-0.4, -0.2) is 36.6 Å².